The fourth-order valence-electron chi connectivity index (χ4n) is 2.12. The maximum absolute atomic E-state index is 11.8. The van der Waals surface area contributed by atoms with Crippen molar-refractivity contribution in [3.8, 4) is 11.8 Å². The zero-order chi connectivity index (χ0) is 19.6. The normalized spacial score (nSPS) is 9.81. The van der Waals surface area contributed by atoms with Gasteiger partial charge in [0.15, 0.2) is 13.2 Å². The largest absolute Gasteiger partial charge is 0.482 e. The summed E-state index contributed by atoms with van der Waals surface area (Å²) in [6, 6.07) is 16.1. The molecule has 1 N–H and O–H groups in total. The molecule has 0 radical (unpaired) electrons. The predicted octanol–water partition coefficient (Wildman–Crippen LogP) is 1.86. The molecule has 27 heavy (non-hydrogen) atoms. The molecule has 7 nitrogen and oxygen atoms in total. The van der Waals surface area contributed by atoms with Gasteiger partial charge in [-0.25, -0.2) is 4.79 Å². The van der Waals surface area contributed by atoms with E-state index in [1.807, 2.05) is 49.3 Å². The van der Waals surface area contributed by atoms with E-state index < -0.39 is 11.9 Å². The molecule has 1 amide bonds. The molecule has 0 aromatic heterocycles. The van der Waals surface area contributed by atoms with Crippen molar-refractivity contribution >= 4 is 17.6 Å². The Morgan fingerprint density at radius 2 is 1.70 bits per heavy atom. The molecule has 0 aliphatic heterocycles. The van der Waals surface area contributed by atoms with Gasteiger partial charge in [0.2, 0.25) is 0 Å². The summed E-state index contributed by atoms with van der Waals surface area (Å²) >= 11 is 0. The fourth-order valence-corrected chi connectivity index (χ4v) is 2.12. The first-order valence-electron chi connectivity index (χ1n) is 8.29. The lowest BCUT2D eigenvalue weighted by Gasteiger charge is -2.13. The van der Waals surface area contributed by atoms with Crippen LogP contribution in [-0.4, -0.2) is 39.2 Å². The van der Waals surface area contributed by atoms with Crippen molar-refractivity contribution in [2.24, 2.45) is 0 Å². The second-order valence-corrected chi connectivity index (χ2v) is 5.92. The summed E-state index contributed by atoms with van der Waals surface area (Å²) in [5, 5.41) is 11.4. The Kier molecular flexibility index (Phi) is 7.20. The number of amides is 1. The van der Waals surface area contributed by atoms with Gasteiger partial charge >= 0.3 is 5.97 Å². The Morgan fingerprint density at radius 1 is 1.04 bits per heavy atom. The number of ether oxygens (including phenoxy) is 2. The number of nitrogens with one attached hydrogen (secondary N) is 1. The number of benzene rings is 2. The van der Waals surface area contributed by atoms with Gasteiger partial charge in [-0.3, -0.25) is 4.79 Å². The van der Waals surface area contributed by atoms with Gasteiger partial charge in [-0.15, -0.1) is 0 Å². The van der Waals surface area contributed by atoms with Crippen molar-refractivity contribution in [3.05, 3.63) is 59.7 Å². The van der Waals surface area contributed by atoms with Crippen LogP contribution in [0.25, 0.3) is 0 Å². The standard InChI is InChI=1S/C20H21N3O4/c1-23(2)17-7-3-16(4-8-17)12-22-19(24)13-27-20(25)14-26-18-9-5-15(11-21)6-10-18/h3-10H,12-14H2,1-2H3,(H,22,24). The van der Waals surface area contributed by atoms with E-state index in [-0.39, 0.29) is 13.2 Å². The van der Waals surface area contributed by atoms with E-state index in [9.17, 15) is 9.59 Å². The molecule has 2 rings (SSSR count). The molecule has 0 aliphatic rings. The van der Waals surface area contributed by atoms with Gasteiger partial charge in [-0.2, -0.15) is 5.26 Å². The second kappa shape index (κ2) is 9.82. The van der Waals surface area contributed by atoms with Crippen LogP contribution in [0.1, 0.15) is 11.1 Å². The molecule has 0 unspecified atom stereocenters. The first kappa shape index (κ1) is 19.8. The smallest absolute Gasteiger partial charge is 0.344 e. The summed E-state index contributed by atoms with van der Waals surface area (Å²) in [7, 11) is 3.91. The van der Waals surface area contributed by atoms with Crippen molar-refractivity contribution in [3.63, 3.8) is 0 Å². The van der Waals surface area contributed by atoms with Crippen molar-refractivity contribution in [2.45, 2.75) is 6.54 Å². The van der Waals surface area contributed by atoms with Crippen LogP contribution in [0.15, 0.2) is 48.5 Å². The second-order valence-electron chi connectivity index (χ2n) is 5.92. The number of esters is 1. The van der Waals surface area contributed by atoms with Crippen molar-refractivity contribution < 1.29 is 19.1 Å². The van der Waals surface area contributed by atoms with E-state index in [1.165, 1.54) is 0 Å². The zero-order valence-electron chi connectivity index (χ0n) is 15.3. The maximum atomic E-state index is 11.8. The SMILES string of the molecule is CN(C)c1ccc(CNC(=O)COC(=O)COc2ccc(C#N)cc2)cc1. The Balaban J connectivity index is 1.66. The van der Waals surface area contributed by atoms with Crippen LogP contribution in [0.5, 0.6) is 5.75 Å². The Labute approximate surface area is 158 Å². The lowest BCUT2D eigenvalue weighted by Crippen LogP contribution is -2.29. The van der Waals surface area contributed by atoms with Crippen molar-refractivity contribution in [1.82, 2.24) is 5.32 Å². The molecule has 0 fully saturated rings. The Bertz CT molecular complexity index is 809. The topological polar surface area (TPSA) is 91.7 Å². The number of nitriles is 1. The van der Waals surface area contributed by atoms with Crippen LogP contribution in [0, 0.1) is 11.3 Å². The number of rotatable bonds is 8. The quantitative estimate of drug-likeness (QED) is 0.716. The van der Waals surface area contributed by atoms with Crippen LogP contribution in [0.4, 0.5) is 5.69 Å². The monoisotopic (exact) mass is 367 g/mol. The highest BCUT2D eigenvalue weighted by atomic mass is 16.6. The van der Waals surface area contributed by atoms with Gasteiger partial charge in [0.05, 0.1) is 11.6 Å². The van der Waals surface area contributed by atoms with Crippen LogP contribution in [0.2, 0.25) is 0 Å². The molecule has 140 valence electrons. The molecule has 0 saturated heterocycles. The predicted molar refractivity (Wildman–Crippen MR) is 100 cm³/mol. The third kappa shape index (κ3) is 6.71. The van der Waals surface area contributed by atoms with Crippen molar-refractivity contribution in [1.29, 1.82) is 5.26 Å². The number of hydrogen-bond acceptors (Lipinski definition) is 6. The van der Waals surface area contributed by atoms with Crippen LogP contribution >= 0.6 is 0 Å². The number of hydrogen-bond donors (Lipinski definition) is 1. The fraction of sp³-hybridized carbons (Fsp3) is 0.250. The molecule has 2 aromatic rings. The van der Waals surface area contributed by atoms with Crippen LogP contribution < -0.4 is 15.0 Å². The molecule has 0 saturated carbocycles. The molecule has 7 heteroatoms. The van der Waals surface area contributed by atoms with E-state index >= 15 is 0 Å². The molecule has 2 aromatic carbocycles. The van der Waals surface area contributed by atoms with E-state index in [4.69, 9.17) is 14.7 Å². The number of carbonyl (C=O) groups is 2. The molecular weight excluding hydrogens is 346 g/mol. The third-order valence-electron chi connectivity index (χ3n) is 3.65. The van der Waals surface area contributed by atoms with Crippen LogP contribution in [-0.2, 0) is 20.9 Å². The summed E-state index contributed by atoms with van der Waals surface area (Å²) in [4.78, 5) is 25.4. The minimum atomic E-state index is -0.648. The minimum absolute atomic E-state index is 0.314. The first-order valence-corrected chi connectivity index (χ1v) is 8.29. The Hall–Kier alpha value is -3.53. The van der Waals surface area contributed by atoms with E-state index in [0.29, 0.717) is 17.9 Å². The van der Waals surface area contributed by atoms with E-state index in [2.05, 4.69) is 5.32 Å². The van der Waals surface area contributed by atoms with E-state index in [1.54, 1.807) is 24.3 Å². The highest BCUT2D eigenvalue weighted by Gasteiger charge is 2.08. The molecule has 0 heterocycles. The molecule has 0 atom stereocenters. The van der Waals surface area contributed by atoms with Gasteiger partial charge in [0.1, 0.15) is 5.75 Å². The average Bonchev–Trinajstić information content (AvgIpc) is 2.69. The highest BCUT2D eigenvalue weighted by Crippen LogP contribution is 2.12. The molecular formula is C20H21N3O4. The molecule has 0 bridgehead atoms. The number of anilines is 1. The molecule has 0 aliphatic carbocycles. The highest BCUT2D eigenvalue weighted by molar-refractivity contribution is 5.80. The van der Waals surface area contributed by atoms with Gasteiger partial charge in [0, 0.05) is 26.3 Å². The number of carbonyl (C=O) groups excluding carboxylic acids is 2. The maximum Gasteiger partial charge on any atom is 0.344 e. The Morgan fingerprint density at radius 3 is 2.30 bits per heavy atom. The summed E-state index contributed by atoms with van der Waals surface area (Å²) < 4.78 is 10.1. The third-order valence-corrected chi connectivity index (χ3v) is 3.65. The summed E-state index contributed by atoms with van der Waals surface area (Å²) in [6.45, 7) is -0.331. The zero-order valence-corrected chi connectivity index (χ0v) is 15.3. The summed E-state index contributed by atoms with van der Waals surface area (Å²) in [6.07, 6.45) is 0. The van der Waals surface area contributed by atoms with Crippen molar-refractivity contribution in [2.75, 3.05) is 32.2 Å². The average molecular weight is 367 g/mol. The van der Waals surface area contributed by atoms with Gasteiger partial charge < -0.3 is 19.7 Å². The first-order chi connectivity index (χ1) is 13.0. The van der Waals surface area contributed by atoms with E-state index in [0.717, 1.165) is 11.3 Å². The lowest BCUT2D eigenvalue weighted by atomic mass is 10.2. The van der Waals surface area contributed by atoms with Gasteiger partial charge in [-0.1, -0.05) is 12.1 Å². The van der Waals surface area contributed by atoms with Crippen LogP contribution in [0.3, 0.4) is 0 Å². The summed E-state index contributed by atoms with van der Waals surface area (Å²) in [5.41, 5.74) is 2.52. The van der Waals surface area contributed by atoms with Gasteiger partial charge in [0.25, 0.3) is 5.91 Å². The minimum Gasteiger partial charge on any atom is -0.482 e. The van der Waals surface area contributed by atoms with Gasteiger partial charge in [-0.05, 0) is 42.0 Å². The summed E-state index contributed by atoms with van der Waals surface area (Å²) in [5.74, 6) is -0.597. The lowest BCUT2D eigenvalue weighted by molar-refractivity contribution is -0.150. The number of nitrogens with zero attached hydrogens (tertiary/aromatic N) is 2. The molecule has 0 spiro atoms.